The smallest absolute Gasteiger partial charge is 0.266 e. The number of carbonyl (C=O) groups is 1. The Balaban J connectivity index is 2.22. The van der Waals surface area contributed by atoms with Gasteiger partial charge in [0, 0.05) is 5.69 Å². The number of ether oxygens (including phenoxy) is 2. The Labute approximate surface area is 164 Å². The summed E-state index contributed by atoms with van der Waals surface area (Å²) in [6.45, 7) is 4.19. The topological polar surface area (TPSA) is 95.1 Å². The summed E-state index contributed by atoms with van der Waals surface area (Å²) in [7, 11) is 0. The maximum absolute atomic E-state index is 12.4. The monoisotopic (exact) mass is 375 g/mol. The largest absolute Gasteiger partial charge is 0.490 e. The summed E-state index contributed by atoms with van der Waals surface area (Å²) < 4.78 is 10.8. The molecule has 0 aliphatic heterocycles. The standard InChI is InChI=1S/C22H21N3O3/c1-3-16-5-8-19(9-6-16)25-22(26)18(15-24)13-17-7-10-20(28-12-11-23)21(14-17)27-4-2/h5-10,13-14H,3-4,12H2,1-2H3,(H,25,26)/b18-13+. The molecular weight excluding hydrogens is 354 g/mol. The normalized spacial score (nSPS) is 10.5. The molecule has 0 bridgehead atoms. The molecule has 2 rings (SSSR count). The van der Waals surface area contributed by atoms with Crippen LogP contribution >= 0.6 is 0 Å². The van der Waals surface area contributed by atoms with Crippen molar-refractivity contribution in [2.75, 3.05) is 18.5 Å². The highest BCUT2D eigenvalue weighted by atomic mass is 16.5. The van der Waals surface area contributed by atoms with Crippen LogP contribution in [0.4, 0.5) is 5.69 Å². The van der Waals surface area contributed by atoms with E-state index in [9.17, 15) is 10.1 Å². The fourth-order valence-corrected chi connectivity index (χ4v) is 2.45. The molecule has 0 fully saturated rings. The first-order chi connectivity index (χ1) is 13.6. The summed E-state index contributed by atoms with van der Waals surface area (Å²) in [6.07, 6.45) is 2.39. The summed E-state index contributed by atoms with van der Waals surface area (Å²) in [4.78, 5) is 12.4. The van der Waals surface area contributed by atoms with E-state index in [2.05, 4.69) is 12.2 Å². The first kappa shape index (κ1) is 20.5. The van der Waals surface area contributed by atoms with Crippen molar-refractivity contribution in [1.29, 1.82) is 10.5 Å². The van der Waals surface area contributed by atoms with E-state index in [1.807, 2.05) is 31.2 Å². The number of aryl methyl sites for hydroxylation is 1. The molecule has 0 atom stereocenters. The van der Waals surface area contributed by atoms with Gasteiger partial charge in [-0.25, -0.2) is 0 Å². The minimum atomic E-state index is -0.491. The summed E-state index contributed by atoms with van der Waals surface area (Å²) in [6, 6.07) is 16.3. The quantitative estimate of drug-likeness (QED) is 0.554. The molecule has 2 aromatic carbocycles. The second kappa shape index (κ2) is 10.4. The number of anilines is 1. The highest BCUT2D eigenvalue weighted by molar-refractivity contribution is 6.09. The van der Waals surface area contributed by atoms with Crippen molar-refractivity contribution in [2.24, 2.45) is 0 Å². The highest BCUT2D eigenvalue weighted by Gasteiger charge is 2.11. The lowest BCUT2D eigenvalue weighted by molar-refractivity contribution is -0.112. The Morgan fingerprint density at radius 2 is 1.82 bits per heavy atom. The fourth-order valence-electron chi connectivity index (χ4n) is 2.45. The van der Waals surface area contributed by atoms with Gasteiger partial charge in [0.2, 0.25) is 0 Å². The van der Waals surface area contributed by atoms with Gasteiger partial charge in [0.25, 0.3) is 5.91 Å². The molecule has 142 valence electrons. The average molecular weight is 375 g/mol. The van der Waals surface area contributed by atoms with Crippen molar-refractivity contribution in [3.05, 3.63) is 59.2 Å². The molecule has 0 saturated carbocycles. The number of nitriles is 2. The molecule has 28 heavy (non-hydrogen) atoms. The number of carbonyl (C=O) groups excluding carboxylic acids is 1. The van der Waals surface area contributed by atoms with Crippen LogP contribution in [0, 0.1) is 22.7 Å². The van der Waals surface area contributed by atoms with E-state index in [-0.39, 0.29) is 12.2 Å². The molecule has 0 saturated heterocycles. The Morgan fingerprint density at radius 1 is 1.07 bits per heavy atom. The van der Waals surface area contributed by atoms with Gasteiger partial charge >= 0.3 is 0 Å². The molecule has 6 nitrogen and oxygen atoms in total. The number of nitrogens with one attached hydrogen (secondary N) is 1. The van der Waals surface area contributed by atoms with Crippen molar-refractivity contribution in [3.8, 4) is 23.6 Å². The van der Waals surface area contributed by atoms with Gasteiger partial charge in [-0.15, -0.1) is 0 Å². The zero-order valence-electron chi connectivity index (χ0n) is 15.9. The van der Waals surface area contributed by atoms with Gasteiger partial charge in [-0.3, -0.25) is 4.79 Å². The van der Waals surface area contributed by atoms with E-state index in [4.69, 9.17) is 14.7 Å². The Morgan fingerprint density at radius 3 is 2.43 bits per heavy atom. The van der Waals surface area contributed by atoms with Crippen molar-refractivity contribution < 1.29 is 14.3 Å². The highest BCUT2D eigenvalue weighted by Crippen LogP contribution is 2.29. The minimum absolute atomic E-state index is 0.0345. The maximum Gasteiger partial charge on any atom is 0.266 e. The lowest BCUT2D eigenvalue weighted by atomic mass is 10.1. The van der Waals surface area contributed by atoms with E-state index in [0.717, 1.165) is 12.0 Å². The first-order valence-electron chi connectivity index (χ1n) is 8.90. The first-order valence-corrected chi connectivity index (χ1v) is 8.90. The Hall–Kier alpha value is -3.77. The molecule has 0 unspecified atom stereocenters. The third kappa shape index (κ3) is 5.62. The zero-order chi connectivity index (χ0) is 20.4. The molecule has 2 aromatic rings. The van der Waals surface area contributed by atoms with Gasteiger partial charge in [-0.05, 0) is 54.8 Å². The molecule has 0 heterocycles. The lowest BCUT2D eigenvalue weighted by Gasteiger charge is -2.11. The van der Waals surface area contributed by atoms with Crippen LogP contribution in [0.2, 0.25) is 0 Å². The molecule has 0 spiro atoms. The van der Waals surface area contributed by atoms with Gasteiger partial charge in [-0.1, -0.05) is 25.1 Å². The fraction of sp³-hybridized carbons (Fsp3) is 0.227. The molecule has 6 heteroatoms. The van der Waals surface area contributed by atoms with Crippen LogP contribution in [0.25, 0.3) is 6.08 Å². The second-order valence-electron chi connectivity index (χ2n) is 5.76. The average Bonchev–Trinajstić information content (AvgIpc) is 2.72. The Kier molecular flexibility index (Phi) is 7.63. The number of hydrogen-bond donors (Lipinski definition) is 1. The zero-order valence-corrected chi connectivity index (χ0v) is 15.9. The van der Waals surface area contributed by atoms with Crippen LogP contribution < -0.4 is 14.8 Å². The third-order valence-electron chi connectivity index (χ3n) is 3.86. The predicted molar refractivity (Wildman–Crippen MR) is 107 cm³/mol. The van der Waals surface area contributed by atoms with E-state index in [1.165, 1.54) is 6.08 Å². The van der Waals surface area contributed by atoms with E-state index >= 15 is 0 Å². The van der Waals surface area contributed by atoms with Crippen LogP contribution in [0.1, 0.15) is 25.0 Å². The summed E-state index contributed by atoms with van der Waals surface area (Å²) in [5.41, 5.74) is 2.36. The number of benzene rings is 2. The number of hydrogen-bond acceptors (Lipinski definition) is 5. The van der Waals surface area contributed by atoms with Crippen molar-refractivity contribution in [2.45, 2.75) is 20.3 Å². The molecular formula is C22H21N3O3. The van der Waals surface area contributed by atoms with Crippen LogP contribution in [-0.4, -0.2) is 19.1 Å². The van der Waals surface area contributed by atoms with Gasteiger partial charge in [0.15, 0.2) is 18.1 Å². The van der Waals surface area contributed by atoms with Gasteiger partial charge in [-0.2, -0.15) is 10.5 Å². The van der Waals surface area contributed by atoms with Crippen LogP contribution in [0.5, 0.6) is 11.5 Å². The van der Waals surface area contributed by atoms with Crippen molar-refractivity contribution in [1.82, 2.24) is 0 Å². The number of amides is 1. The van der Waals surface area contributed by atoms with E-state index < -0.39 is 5.91 Å². The van der Waals surface area contributed by atoms with Crippen molar-refractivity contribution >= 4 is 17.7 Å². The number of nitrogens with zero attached hydrogens (tertiary/aromatic N) is 2. The predicted octanol–water partition coefficient (Wildman–Crippen LogP) is 4.10. The summed E-state index contributed by atoms with van der Waals surface area (Å²) >= 11 is 0. The third-order valence-corrected chi connectivity index (χ3v) is 3.86. The van der Waals surface area contributed by atoms with Gasteiger partial charge in [0.1, 0.15) is 17.7 Å². The van der Waals surface area contributed by atoms with Crippen LogP contribution in [-0.2, 0) is 11.2 Å². The minimum Gasteiger partial charge on any atom is -0.490 e. The van der Waals surface area contributed by atoms with Gasteiger partial charge in [0.05, 0.1) is 6.61 Å². The Bertz CT molecular complexity index is 935. The number of rotatable bonds is 8. The van der Waals surface area contributed by atoms with Crippen LogP contribution in [0.15, 0.2) is 48.0 Å². The second-order valence-corrected chi connectivity index (χ2v) is 5.76. The molecule has 1 amide bonds. The maximum atomic E-state index is 12.4. The van der Waals surface area contributed by atoms with Crippen molar-refractivity contribution in [3.63, 3.8) is 0 Å². The SMILES string of the molecule is CCOc1cc(/C=C(\C#N)C(=O)Nc2ccc(CC)cc2)ccc1OCC#N. The summed E-state index contributed by atoms with van der Waals surface area (Å²) in [5.74, 6) is 0.383. The van der Waals surface area contributed by atoms with E-state index in [0.29, 0.717) is 29.4 Å². The van der Waals surface area contributed by atoms with Crippen LogP contribution in [0.3, 0.4) is 0 Å². The lowest BCUT2D eigenvalue weighted by Crippen LogP contribution is -2.13. The molecule has 0 aromatic heterocycles. The molecule has 0 aliphatic rings. The molecule has 0 aliphatic carbocycles. The molecule has 1 N–H and O–H groups in total. The summed E-state index contributed by atoms with van der Waals surface area (Å²) in [5, 5.41) is 20.8. The van der Waals surface area contributed by atoms with E-state index in [1.54, 1.807) is 30.3 Å². The molecule has 0 radical (unpaired) electrons. The van der Waals surface area contributed by atoms with Gasteiger partial charge < -0.3 is 14.8 Å².